The second-order valence-corrected chi connectivity index (χ2v) is 3.35. The highest BCUT2D eigenvalue weighted by atomic mass is 19.3. The molecule has 0 radical (unpaired) electrons. The molecule has 0 bridgehead atoms. The predicted octanol–water partition coefficient (Wildman–Crippen LogP) is 1.62. The molecule has 0 aliphatic carbocycles. The zero-order valence-electron chi connectivity index (χ0n) is 8.37. The summed E-state index contributed by atoms with van der Waals surface area (Å²) in [5, 5.41) is 11.6. The highest BCUT2D eigenvalue weighted by Crippen LogP contribution is 2.16. The van der Waals surface area contributed by atoms with Crippen LogP contribution in [-0.2, 0) is 0 Å². The number of hydrogen-bond acceptors (Lipinski definition) is 3. The van der Waals surface area contributed by atoms with Gasteiger partial charge in [0.2, 0.25) is 0 Å². The Morgan fingerprint density at radius 3 is 2.67 bits per heavy atom. The molecule has 4 N–H and O–H groups in total. The van der Waals surface area contributed by atoms with Crippen molar-refractivity contribution in [2.75, 3.05) is 17.6 Å². The zero-order valence-corrected chi connectivity index (χ0v) is 8.37. The summed E-state index contributed by atoms with van der Waals surface area (Å²) in [6.07, 6.45) is -4.38. The van der Waals surface area contributed by atoms with Crippen LogP contribution in [0.3, 0.4) is 0 Å². The van der Waals surface area contributed by atoms with E-state index in [-0.39, 0.29) is 6.54 Å². The van der Waals surface area contributed by atoms with Gasteiger partial charge in [-0.2, -0.15) is 0 Å². The number of halogens is 2. The molecule has 0 aromatic heterocycles. The first kappa shape index (κ1) is 11.7. The number of anilines is 2. The summed E-state index contributed by atoms with van der Waals surface area (Å²) >= 11 is 0. The molecule has 0 aliphatic rings. The first-order valence-corrected chi connectivity index (χ1v) is 4.57. The molecular weight excluding hydrogens is 202 g/mol. The second-order valence-electron chi connectivity index (χ2n) is 3.35. The van der Waals surface area contributed by atoms with E-state index in [1.54, 1.807) is 18.2 Å². The molecule has 3 nitrogen and oxygen atoms in total. The van der Waals surface area contributed by atoms with Crippen molar-refractivity contribution >= 4 is 11.4 Å². The van der Waals surface area contributed by atoms with E-state index in [4.69, 9.17) is 10.8 Å². The monoisotopic (exact) mass is 216 g/mol. The van der Waals surface area contributed by atoms with Crippen molar-refractivity contribution in [3.63, 3.8) is 0 Å². The standard InChI is InChI=1S/C10H14F2N2O/c1-6-4-7(2-3-8(6)13)14-5-9(15)10(11)12/h2-4,9-10,14-15H,5,13H2,1H3. The molecule has 0 saturated carbocycles. The second kappa shape index (κ2) is 4.93. The third-order valence-electron chi connectivity index (χ3n) is 2.08. The topological polar surface area (TPSA) is 58.3 Å². The predicted molar refractivity (Wildman–Crippen MR) is 56.1 cm³/mol. The summed E-state index contributed by atoms with van der Waals surface area (Å²) < 4.78 is 23.9. The number of alkyl halides is 2. The van der Waals surface area contributed by atoms with Crippen molar-refractivity contribution < 1.29 is 13.9 Å². The van der Waals surface area contributed by atoms with Crippen LogP contribution in [0.15, 0.2) is 18.2 Å². The number of benzene rings is 1. The molecule has 0 amide bonds. The van der Waals surface area contributed by atoms with Crippen LogP contribution in [0.5, 0.6) is 0 Å². The summed E-state index contributed by atoms with van der Waals surface area (Å²) in [5.41, 5.74) is 7.78. The molecule has 1 rings (SSSR count). The van der Waals surface area contributed by atoms with E-state index in [1.807, 2.05) is 6.92 Å². The SMILES string of the molecule is Cc1cc(NCC(O)C(F)F)ccc1N. The van der Waals surface area contributed by atoms with E-state index in [9.17, 15) is 8.78 Å². The molecule has 0 saturated heterocycles. The minimum atomic E-state index is -2.73. The Bertz CT molecular complexity index is 331. The minimum absolute atomic E-state index is 0.180. The quantitative estimate of drug-likeness (QED) is 0.670. The van der Waals surface area contributed by atoms with Gasteiger partial charge in [-0.25, -0.2) is 8.78 Å². The molecule has 5 heteroatoms. The van der Waals surface area contributed by atoms with Crippen LogP contribution in [0.25, 0.3) is 0 Å². The summed E-state index contributed by atoms with van der Waals surface area (Å²) in [6.45, 7) is 1.64. The maximum absolute atomic E-state index is 12.0. The molecular formula is C10H14F2N2O. The smallest absolute Gasteiger partial charge is 0.265 e. The first-order chi connectivity index (χ1) is 7.00. The number of nitrogens with one attached hydrogen (secondary N) is 1. The lowest BCUT2D eigenvalue weighted by molar-refractivity contribution is 0.00384. The summed E-state index contributed by atoms with van der Waals surface area (Å²) in [6, 6.07) is 5.11. The van der Waals surface area contributed by atoms with Gasteiger partial charge in [0.25, 0.3) is 6.43 Å². The molecule has 0 aliphatic heterocycles. The van der Waals surface area contributed by atoms with E-state index in [0.717, 1.165) is 5.56 Å². The van der Waals surface area contributed by atoms with E-state index in [2.05, 4.69) is 5.32 Å². The number of aliphatic hydroxyl groups excluding tert-OH is 1. The number of aliphatic hydroxyl groups is 1. The van der Waals surface area contributed by atoms with Crippen LogP contribution in [0, 0.1) is 6.92 Å². The first-order valence-electron chi connectivity index (χ1n) is 4.57. The van der Waals surface area contributed by atoms with E-state index >= 15 is 0 Å². The molecule has 15 heavy (non-hydrogen) atoms. The van der Waals surface area contributed by atoms with Gasteiger partial charge in [-0.3, -0.25) is 0 Å². The van der Waals surface area contributed by atoms with Gasteiger partial charge < -0.3 is 16.2 Å². The fraction of sp³-hybridized carbons (Fsp3) is 0.400. The summed E-state index contributed by atoms with van der Waals surface area (Å²) in [4.78, 5) is 0. The Hall–Kier alpha value is -1.36. The van der Waals surface area contributed by atoms with Crippen LogP contribution < -0.4 is 11.1 Å². The fourth-order valence-electron chi connectivity index (χ4n) is 1.10. The molecule has 1 atom stereocenters. The van der Waals surface area contributed by atoms with Gasteiger partial charge >= 0.3 is 0 Å². The lowest BCUT2D eigenvalue weighted by Crippen LogP contribution is -2.26. The molecule has 84 valence electrons. The third kappa shape index (κ3) is 3.36. The van der Waals surface area contributed by atoms with E-state index in [1.165, 1.54) is 0 Å². The highest BCUT2D eigenvalue weighted by Gasteiger charge is 2.15. The molecule has 0 heterocycles. The van der Waals surface area contributed by atoms with Gasteiger partial charge in [-0.15, -0.1) is 0 Å². The average molecular weight is 216 g/mol. The lowest BCUT2D eigenvalue weighted by Gasteiger charge is -2.12. The van der Waals surface area contributed by atoms with Crippen molar-refractivity contribution in [1.29, 1.82) is 0 Å². The Kier molecular flexibility index (Phi) is 3.85. The van der Waals surface area contributed by atoms with Crippen LogP contribution in [0.1, 0.15) is 5.56 Å². The Morgan fingerprint density at radius 1 is 1.47 bits per heavy atom. The Labute approximate surface area is 86.9 Å². The Balaban J connectivity index is 2.55. The van der Waals surface area contributed by atoms with Crippen LogP contribution in [-0.4, -0.2) is 24.2 Å². The molecule has 1 aromatic carbocycles. The number of rotatable bonds is 4. The minimum Gasteiger partial charge on any atom is -0.399 e. The summed E-state index contributed by atoms with van der Waals surface area (Å²) in [7, 11) is 0. The van der Waals surface area contributed by atoms with Crippen LogP contribution >= 0.6 is 0 Å². The lowest BCUT2D eigenvalue weighted by atomic mass is 10.2. The average Bonchev–Trinajstić information content (AvgIpc) is 2.19. The van der Waals surface area contributed by atoms with E-state index in [0.29, 0.717) is 11.4 Å². The molecule has 1 unspecified atom stereocenters. The van der Waals surface area contributed by atoms with Crippen molar-refractivity contribution in [2.24, 2.45) is 0 Å². The molecule has 1 aromatic rings. The third-order valence-corrected chi connectivity index (χ3v) is 2.08. The van der Waals surface area contributed by atoms with Gasteiger partial charge in [0.1, 0.15) is 6.10 Å². The normalized spacial score (nSPS) is 12.9. The van der Waals surface area contributed by atoms with E-state index < -0.39 is 12.5 Å². The van der Waals surface area contributed by atoms with Crippen LogP contribution in [0.4, 0.5) is 20.2 Å². The zero-order chi connectivity index (χ0) is 11.4. The summed E-state index contributed by atoms with van der Waals surface area (Å²) in [5.74, 6) is 0. The number of hydrogen-bond donors (Lipinski definition) is 3. The fourth-order valence-corrected chi connectivity index (χ4v) is 1.10. The largest absolute Gasteiger partial charge is 0.399 e. The Morgan fingerprint density at radius 2 is 2.13 bits per heavy atom. The van der Waals surface area contributed by atoms with Crippen molar-refractivity contribution in [3.8, 4) is 0 Å². The van der Waals surface area contributed by atoms with Gasteiger partial charge in [0, 0.05) is 17.9 Å². The van der Waals surface area contributed by atoms with Crippen molar-refractivity contribution in [3.05, 3.63) is 23.8 Å². The maximum Gasteiger partial charge on any atom is 0.265 e. The van der Waals surface area contributed by atoms with Gasteiger partial charge in [0.15, 0.2) is 0 Å². The maximum atomic E-state index is 12.0. The van der Waals surface area contributed by atoms with Gasteiger partial charge in [0.05, 0.1) is 0 Å². The van der Waals surface area contributed by atoms with Crippen molar-refractivity contribution in [2.45, 2.75) is 19.5 Å². The highest BCUT2D eigenvalue weighted by molar-refractivity contribution is 5.56. The molecule has 0 fully saturated rings. The number of nitrogen functional groups attached to an aromatic ring is 1. The van der Waals surface area contributed by atoms with Gasteiger partial charge in [-0.1, -0.05) is 0 Å². The van der Waals surface area contributed by atoms with Crippen molar-refractivity contribution in [1.82, 2.24) is 0 Å². The number of aryl methyl sites for hydroxylation is 1. The van der Waals surface area contributed by atoms with Crippen LogP contribution in [0.2, 0.25) is 0 Å². The molecule has 0 spiro atoms. The van der Waals surface area contributed by atoms with Gasteiger partial charge in [-0.05, 0) is 30.7 Å². The number of nitrogens with two attached hydrogens (primary N) is 1.